The monoisotopic (exact) mass is 326 g/mol. The van der Waals surface area contributed by atoms with Gasteiger partial charge >= 0.3 is 0 Å². The molecule has 1 saturated heterocycles. The number of carbonyl (C=O) groups is 1. The molecule has 1 aliphatic rings. The fraction of sp³-hybridized carbons (Fsp3) is 0.350. The maximum absolute atomic E-state index is 13.3. The third kappa shape index (κ3) is 4.20. The van der Waals surface area contributed by atoms with E-state index in [9.17, 15) is 9.18 Å². The fourth-order valence-corrected chi connectivity index (χ4v) is 3.20. The van der Waals surface area contributed by atoms with E-state index in [0.717, 1.165) is 32.6 Å². The van der Waals surface area contributed by atoms with Crippen molar-refractivity contribution in [3.8, 4) is 0 Å². The molecule has 3 rings (SSSR count). The van der Waals surface area contributed by atoms with E-state index in [-0.39, 0.29) is 11.7 Å². The van der Waals surface area contributed by atoms with Crippen molar-refractivity contribution in [2.75, 3.05) is 26.2 Å². The second-order valence-corrected chi connectivity index (χ2v) is 6.42. The van der Waals surface area contributed by atoms with E-state index in [1.54, 1.807) is 12.1 Å². The Balaban J connectivity index is 1.61. The smallest absolute Gasteiger partial charge is 0.254 e. The molecule has 1 amide bonds. The minimum atomic E-state index is -0.364. The number of carbonyl (C=O) groups excluding carboxylic acids is 1. The van der Waals surface area contributed by atoms with Gasteiger partial charge in [-0.05, 0) is 37.1 Å². The van der Waals surface area contributed by atoms with Crippen molar-refractivity contribution in [1.82, 2.24) is 9.80 Å². The van der Waals surface area contributed by atoms with Gasteiger partial charge in [0.05, 0.1) is 0 Å². The predicted molar refractivity (Wildman–Crippen MR) is 93.4 cm³/mol. The molecule has 0 unspecified atom stereocenters. The van der Waals surface area contributed by atoms with E-state index in [4.69, 9.17) is 0 Å². The Morgan fingerprint density at radius 3 is 2.67 bits per heavy atom. The topological polar surface area (TPSA) is 23.6 Å². The van der Waals surface area contributed by atoms with E-state index < -0.39 is 0 Å². The molecule has 1 fully saturated rings. The molecule has 0 N–H and O–H groups in total. The summed E-state index contributed by atoms with van der Waals surface area (Å²) in [6, 6.07) is 14.5. The molecule has 0 saturated carbocycles. The van der Waals surface area contributed by atoms with Gasteiger partial charge in [0, 0.05) is 38.3 Å². The number of halogens is 1. The predicted octanol–water partition coefficient (Wildman–Crippen LogP) is 3.48. The number of hydrogen-bond donors (Lipinski definition) is 0. The Bertz CT molecular complexity index is 716. The van der Waals surface area contributed by atoms with Crippen molar-refractivity contribution in [3.05, 3.63) is 71.0 Å². The third-order valence-electron chi connectivity index (χ3n) is 4.44. The van der Waals surface area contributed by atoms with E-state index in [1.807, 2.05) is 4.90 Å². The minimum Gasteiger partial charge on any atom is -0.337 e. The molecule has 126 valence electrons. The first-order valence-electron chi connectivity index (χ1n) is 8.44. The highest BCUT2D eigenvalue weighted by atomic mass is 19.1. The van der Waals surface area contributed by atoms with Crippen molar-refractivity contribution in [2.24, 2.45) is 0 Å². The second-order valence-electron chi connectivity index (χ2n) is 6.42. The Morgan fingerprint density at radius 2 is 1.88 bits per heavy atom. The molecule has 1 aliphatic heterocycles. The zero-order valence-electron chi connectivity index (χ0n) is 14.0. The molecule has 2 aromatic carbocycles. The fourth-order valence-electron chi connectivity index (χ4n) is 3.20. The molecule has 4 heteroatoms. The average Bonchev–Trinajstić information content (AvgIpc) is 2.80. The zero-order chi connectivity index (χ0) is 16.9. The van der Waals surface area contributed by atoms with Crippen LogP contribution in [0.1, 0.15) is 27.9 Å². The number of amides is 1. The number of rotatable bonds is 3. The molecule has 2 aromatic rings. The summed E-state index contributed by atoms with van der Waals surface area (Å²) in [4.78, 5) is 16.8. The summed E-state index contributed by atoms with van der Waals surface area (Å²) < 4.78 is 13.3. The quantitative estimate of drug-likeness (QED) is 0.862. The van der Waals surface area contributed by atoms with Crippen molar-refractivity contribution >= 4 is 5.91 Å². The van der Waals surface area contributed by atoms with Gasteiger partial charge in [-0.2, -0.15) is 0 Å². The maximum atomic E-state index is 13.3. The average molecular weight is 326 g/mol. The Labute approximate surface area is 142 Å². The number of hydrogen-bond acceptors (Lipinski definition) is 2. The second kappa shape index (κ2) is 7.58. The van der Waals surface area contributed by atoms with Gasteiger partial charge in [0.2, 0.25) is 0 Å². The molecular formula is C20H23FN2O. The summed E-state index contributed by atoms with van der Waals surface area (Å²) >= 11 is 0. The van der Waals surface area contributed by atoms with E-state index in [1.165, 1.54) is 23.3 Å². The SMILES string of the molecule is Cc1cccc(CN2CCCN(C(=O)c3cccc(F)c3)CC2)c1. The van der Waals surface area contributed by atoms with E-state index in [2.05, 4.69) is 36.1 Å². The lowest BCUT2D eigenvalue weighted by atomic mass is 10.1. The molecule has 0 aromatic heterocycles. The summed E-state index contributed by atoms with van der Waals surface area (Å²) in [5.74, 6) is -0.441. The van der Waals surface area contributed by atoms with Crippen LogP contribution in [0.5, 0.6) is 0 Å². The normalized spacial score (nSPS) is 16.0. The molecule has 3 nitrogen and oxygen atoms in total. The lowest BCUT2D eigenvalue weighted by molar-refractivity contribution is 0.0760. The molecule has 0 radical (unpaired) electrons. The highest BCUT2D eigenvalue weighted by Crippen LogP contribution is 2.13. The molecule has 24 heavy (non-hydrogen) atoms. The number of aryl methyl sites for hydroxylation is 1. The van der Waals surface area contributed by atoms with Gasteiger partial charge in [0.15, 0.2) is 0 Å². The minimum absolute atomic E-state index is 0.0769. The van der Waals surface area contributed by atoms with E-state index >= 15 is 0 Å². The standard InChI is InChI=1S/C20H23FN2O/c1-16-5-2-6-17(13-16)15-22-9-4-10-23(12-11-22)20(24)18-7-3-8-19(21)14-18/h2-3,5-8,13-14H,4,9-12,15H2,1H3. The summed E-state index contributed by atoms with van der Waals surface area (Å²) in [5.41, 5.74) is 3.01. The highest BCUT2D eigenvalue weighted by Gasteiger charge is 2.20. The number of benzene rings is 2. The van der Waals surface area contributed by atoms with Crippen LogP contribution >= 0.6 is 0 Å². The van der Waals surface area contributed by atoms with Crippen molar-refractivity contribution in [3.63, 3.8) is 0 Å². The summed E-state index contributed by atoms with van der Waals surface area (Å²) in [5, 5.41) is 0. The summed E-state index contributed by atoms with van der Waals surface area (Å²) in [6.45, 7) is 6.23. The van der Waals surface area contributed by atoms with Crippen molar-refractivity contribution < 1.29 is 9.18 Å². The van der Waals surface area contributed by atoms with Crippen LogP contribution in [0.2, 0.25) is 0 Å². The van der Waals surface area contributed by atoms with Gasteiger partial charge in [-0.3, -0.25) is 9.69 Å². The van der Waals surface area contributed by atoms with Gasteiger partial charge in [-0.1, -0.05) is 35.9 Å². The first kappa shape index (κ1) is 16.7. The zero-order valence-corrected chi connectivity index (χ0v) is 14.0. The summed E-state index contributed by atoms with van der Waals surface area (Å²) in [7, 11) is 0. The van der Waals surface area contributed by atoms with Crippen LogP contribution < -0.4 is 0 Å². The highest BCUT2D eigenvalue weighted by molar-refractivity contribution is 5.94. The van der Waals surface area contributed by atoms with Gasteiger partial charge in [-0.15, -0.1) is 0 Å². The molecular weight excluding hydrogens is 303 g/mol. The Kier molecular flexibility index (Phi) is 5.26. The Morgan fingerprint density at radius 1 is 1.04 bits per heavy atom. The molecule has 0 aliphatic carbocycles. The molecule has 0 bridgehead atoms. The summed E-state index contributed by atoms with van der Waals surface area (Å²) in [6.07, 6.45) is 0.937. The third-order valence-corrected chi connectivity index (χ3v) is 4.44. The van der Waals surface area contributed by atoms with Crippen LogP contribution in [0.3, 0.4) is 0 Å². The van der Waals surface area contributed by atoms with Gasteiger partial charge in [-0.25, -0.2) is 4.39 Å². The van der Waals surface area contributed by atoms with Crippen LogP contribution in [0.25, 0.3) is 0 Å². The van der Waals surface area contributed by atoms with Crippen LogP contribution in [-0.4, -0.2) is 41.9 Å². The molecule has 1 heterocycles. The lowest BCUT2D eigenvalue weighted by Gasteiger charge is -2.22. The van der Waals surface area contributed by atoms with Crippen LogP contribution in [0.15, 0.2) is 48.5 Å². The largest absolute Gasteiger partial charge is 0.337 e. The Hall–Kier alpha value is -2.20. The number of nitrogens with zero attached hydrogens (tertiary/aromatic N) is 2. The molecule has 0 spiro atoms. The van der Waals surface area contributed by atoms with Gasteiger partial charge in [0.1, 0.15) is 5.82 Å². The maximum Gasteiger partial charge on any atom is 0.254 e. The van der Waals surface area contributed by atoms with Crippen molar-refractivity contribution in [2.45, 2.75) is 19.9 Å². The van der Waals surface area contributed by atoms with Crippen molar-refractivity contribution in [1.29, 1.82) is 0 Å². The first-order chi connectivity index (χ1) is 11.6. The van der Waals surface area contributed by atoms with Crippen LogP contribution in [-0.2, 0) is 6.54 Å². The van der Waals surface area contributed by atoms with Gasteiger partial charge < -0.3 is 4.90 Å². The lowest BCUT2D eigenvalue weighted by Crippen LogP contribution is -2.35. The first-order valence-corrected chi connectivity index (χ1v) is 8.44. The van der Waals surface area contributed by atoms with Crippen LogP contribution in [0, 0.1) is 12.7 Å². The van der Waals surface area contributed by atoms with E-state index in [0.29, 0.717) is 12.1 Å². The van der Waals surface area contributed by atoms with Crippen LogP contribution in [0.4, 0.5) is 4.39 Å². The molecule has 0 atom stereocenters. The van der Waals surface area contributed by atoms with Gasteiger partial charge in [0.25, 0.3) is 5.91 Å².